The molecule has 0 fully saturated rings. The average molecular weight is 374 g/mol. The summed E-state index contributed by atoms with van der Waals surface area (Å²) in [4.78, 5) is 16.7. The van der Waals surface area contributed by atoms with Gasteiger partial charge in [-0.3, -0.25) is 4.79 Å². The Morgan fingerprint density at radius 3 is 2.80 bits per heavy atom. The number of methoxy groups -OCH3 is 1. The van der Waals surface area contributed by atoms with Gasteiger partial charge in [-0.05, 0) is 42.8 Å². The lowest BCUT2D eigenvalue weighted by Gasteiger charge is -2.14. The van der Waals surface area contributed by atoms with Gasteiger partial charge in [-0.1, -0.05) is 23.9 Å². The van der Waals surface area contributed by atoms with Gasteiger partial charge in [0, 0.05) is 5.69 Å². The molecule has 1 heterocycles. The number of carbonyl (C=O) groups excluding carboxylic acids is 1. The molecule has 130 valence electrons. The number of hydrogen-bond donors (Lipinski definition) is 2. The van der Waals surface area contributed by atoms with Gasteiger partial charge < -0.3 is 15.8 Å². The average Bonchev–Trinajstić information content (AvgIpc) is 3.02. The van der Waals surface area contributed by atoms with E-state index in [1.54, 1.807) is 18.4 Å². The molecule has 2 aromatic carbocycles. The van der Waals surface area contributed by atoms with Crippen molar-refractivity contribution in [2.24, 2.45) is 0 Å². The molecule has 1 atom stereocenters. The molecule has 3 N–H and O–H groups in total. The van der Waals surface area contributed by atoms with Crippen LogP contribution in [0.15, 0.2) is 46.8 Å². The van der Waals surface area contributed by atoms with E-state index in [0.717, 1.165) is 31.6 Å². The van der Waals surface area contributed by atoms with Gasteiger partial charge in [0.25, 0.3) is 0 Å². The number of benzene rings is 2. The van der Waals surface area contributed by atoms with E-state index in [9.17, 15) is 4.79 Å². The van der Waals surface area contributed by atoms with Gasteiger partial charge in [0.05, 0.1) is 29.1 Å². The van der Waals surface area contributed by atoms with Gasteiger partial charge in [0.2, 0.25) is 5.91 Å². The lowest BCUT2D eigenvalue weighted by atomic mass is 10.1. The maximum absolute atomic E-state index is 12.2. The molecule has 0 saturated heterocycles. The van der Waals surface area contributed by atoms with Crippen LogP contribution in [0.25, 0.3) is 10.2 Å². The largest absolute Gasteiger partial charge is 0.497 e. The SMILES string of the molecule is COc1ccc([C@H](C)NC(=O)CSc2nc3ccc(N)cc3s2)cc1. The number of nitrogens with one attached hydrogen (secondary N) is 1. The molecular formula is C18H19N3O2S2. The molecular weight excluding hydrogens is 354 g/mol. The fourth-order valence-corrected chi connectivity index (χ4v) is 4.30. The predicted molar refractivity (Wildman–Crippen MR) is 104 cm³/mol. The van der Waals surface area contributed by atoms with E-state index >= 15 is 0 Å². The molecule has 0 aliphatic rings. The Morgan fingerprint density at radius 1 is 1.32 bits per heavy atom. The van der Waals surface area contributed by atoms with Crippen LogP contribution in [0.1, 0.15) is 18.5 Å². The number of hydrogen-bond acceptors (Lipinski definition) is 6. The number of fused-ring (bicyclic) bond motifs is 1. The smallest absolute Gasteiger partial charge is 0.230 e. The van der Waals surface area contributed by atoms with Crippen molar-refractivity contribution in [3.63, 3.8) is 0 Å². The minimum Gasteiger partial charge on any atom is -0.497 e. The number of carbonyl (C=O) groups is 1. The number of nitrogens with zero attached hydrogens (tertiary/aromatic N) is 1. The van der Waals surface area contributed by atoms with Gasteiger partial charge in [-0.25, -0.2) is 4.98 Å². The number of rotatable bonds is 6. The number of nitrogens with two attached hydrogens (primary N) is 1. The zero-order chi connectivity index (χ0) is 17.8. The molecule has 5 nitrogen and oxygen atoms in total. The summed E-state index contributed by atoms with van der Waals surface area (Å²) in [5, 5.41) is 3.00. The standard InChI is InChI=1S/C18H19N3O2S2/c1-11(12-3-6-14(23-2)7-4-12)20-17(22)10-24-18-21-15-8-5-13(19)9-16(15)25-18/h3-9,11H,10,19H2,1-2H3,(H,20,22)/t11-/m0/s1. The monoisotopic (exact) mass is 373 g/mol. The molecule has 0 unspecified atom stereocenters. The Kier molecular flexibility index (Phi) is 5.45. The fraction of sp³-hybridized carbons (Fsp3) is 0.222. The third-order valence-corrected chi connectivity index (χ3v) is 5.87. The number of thiazole rings is 1. The van der Waals surface area contributed by atoms with E-state index in [-0.39, 0.29) is 11.9 Å². The van der Waals surface area contributed by atoms with Gasteiger partial charge in [-0.15, -0.1) is 11.3 Å². The Hall–Kier alpha value is -2.25. The quantitative estimate of drug-likeness (QED) is 0.507. The second kappa shape index (κ2) is 7.76. The Balaban J connectivity index is 1.55. The minimum atomic E-state index is -0.0610. The van der Waals surface area contributed by atoms with E-state index < -0.39 is 0 Å². The summed E-state index contributed by atoms with van der Waals surface area (Å²) in [5.41, 5.74) is 8.45. The summed E-state index contributed by atoms with van der Waals surface area (Å²) in [6.07, 6.45) is 0. The summed E-state index contributed by atoms with van der Waals surface area (Å²) in [6, 6.07) is 13.3. The highest BCUT2D eigenvalue weighted by Crippen LogP contribution is 2.30. The Morgan fingerprint density at radius 2 is 2.08 bits per heavy atom. The summed E-state index contributed by atoms with van der Waals surface area (Å²) < 4.78 is 7.05. The van der Waals surface area contributed by atoms with Crippen molar-refractivity contribution in [1.82, 2.24) is 10.3 Å². The van der Waals surface area contributed by atoms with Crippen molar-refractivity contribution in [2.75, 3.05) is 18.6 Å². The van der Waals surface area contributed by atoms with E-state index in [1.807, 2.05) is 49.4 Å². The third-order valence-electron chi connectivity index (χ3n) is 3.71. The molecule has 0 spiro atoms. The Bertz CT molecular complexity index is 878. The number of amides is 1. The predicted octanol–water partition coefficient (Wildman–Crippen LogP) is 3.86. The first-order valence-corrected chi connectivity index (χ1v) is 9.57. The van der Waals surface area contributed by atoms with Crippen LogP contribution in [0.5, 0.6) is 5.75 Å². The van der Waals surface area contributed by atoms with E-state index in [0.29, 0.717) is 5.75 Å². The van der Waals surface area contributed by atoms with Crippen LogP contribution < -0.4 is 15.8 Å². The summed E-state index contributed by atoms with van der Waals surface area (Å²) in [5.74, 6) is 1.11. The second-order valence-corrected chi connectivity index (χ2v) is 7.81. The second-order valence-electron chi connectivity index (χ2n) is 5.56. The van der Waals surface area contributed by atoms with Gasteiger partial charge in [0.15, 0.2) is 4.34 Å². The molecule has 0 saturated carbocycles. The lowest BCUT2D eigenvalue weighted by Crippen LogP contribution is -2.28. The molecule has 7 heteroatoms. The van der Waals surface area contributed by atoms with Gasteiger partial charge >= 0.3 is 0 Å². The molecule has 1 aromatic heterocycles. The van der Waals surface area contributed by atoms with Gasteiger partial charge in [0.1, 0.15) is 5.75 Å². The topological polar surface area (TPSA) is 77.2 Å². The fourth-order valence-electron chi connectivity index (χ4n) is 2.37. The molecule has 0 aliphatic carbocycles. The zero-order valence-corrected chi connectivity index (χ0v) is 15.6. The number of thioether (sulfide) groups is 1. The van der Waals surface area contributed by atoms with Crippen molar-refractivity contribution in [2.45, 2.75) is 17.3 Å². The number of aromatic nitrogens is 1. The van der Waals surface area contributed by atoms with E-state index in [1.165, 1.54) is 11.8 Å². The van der Waals surface area contributed by atoms with Crippen molar-refractivity contribution in [3.8, 4) is 5.75 Å². The van der Waals surface area contributed by atoms with Crippen LogP contribution in [-0.2, 0) is 4.79 Å². The van der Waals surface area contributed by atoms with Crippen molar-refractivity contribution >= 4 is 44.9 Å². The van der Waals surface area contributed by atoms with Crippen LogP contribution in [0.4, 0.5) is 5.69 Å². The molecule has 0 aliphatic heterocycles. The van der Waals surface area contributed by atoms with Crippen LogP contribution in [0, 0.1) is 0 Å². The molecule has 0 bridgehead atoms. The molecule has 3 rings (SSSR count). The van der Waals surface area contributed by atoms with Crippen LogP contribution >= 0.6 is 23.1 Å². The normalized spacial score (nSPS) is 12.1. The minimum absolute atomic E-state index is 0.0212. The maximum Gasteiger partial charge on any atom is 0.230 e. The number of ether oxygens (including phenoxy) is 1. The van der Waals surface area contributed by atoms with Crippen LogP contribution in [0.3, 0.4) is 0 Å². The first-order chi connectivity index (χ1) is 12.0. The molecule has 1 amide bonds. The molecule has 25 heavy (non-hydrogen) atoms. The molecule has 3 aromatic rings. The highest BCUT2D eigenvalue weighted by Gasteiger charge is 2.12. The molecule has 0 radical (unpaired) electrons. The summed E-state index contributed by atoms with van der Waals surface area (Å²) in [6.45, 7) is 1.96. The van der Waals surface area contributed by atoms with Crippen molar-refractivity contribution in [3.05, 3.63) is 48.0 Å². The van der Waals surface area contributed by atoms with E-state index in [4.69, 9.17) is 10.5 Å². The summed E-state index contributed by atoms with van der Waals surface area (Å²) >= 11 is 2.99. The van der Waals surface area contributed by atoms with Crippen LogP contribution in [-0.4, -0.2) is 23.8 Å². The van der Waals surface area contributed by atoms with E-state index in [2.05, 4.69) is 10.3 Å². The lowest BCUT2D eigenvalue weighted by molar-refractivity contribution is -0.119. The first-order valence-electron chi connectivity index (χ1n) is 7.77. The summed E-state index contributed by atoms with van der Waals surface area (Å²) in [7, 11) is 1.63. The number of nitrogen functional groups attached to an aromatic ring is 1. The number of anilines is 1. The van der Waals surface area contributed by atoms with Crippen molar-refractivity contribution in [1.29, 1.82) is 0 Å². The van der Waals surface area contributed by atoms with Crippen LogP contribution in [0.2, 0.25) is 0 Å². The zero-order valence-electron chi connectivity index (χ0n) is 14.0. The Labute approximate surface area is 154 Å². The first kappa shape index (κ1) is 17.6. The maximum atomic E-state index is 12.2. The highest BCUT2D eigenvalue weighted by molar-refractivity contribution is 8.01. The third kappa shape index (κ3) is 4.43. The van der Waals surface area contributed by atoms with Crippen molar-refractivity contribution < 1.29 is 9.53 Å². The van der Waals surface area contributed by atoms with Gasteiger partial charge in [-0.2, -0.15) is 0 Å². The highest BCUT2D eigenvalue weighted by atomic mass is 32.2.